The van der Waals surface area contributed by atoms with E-state index in [1.165, 1.54) is 5.56 Å². The lowest BCUT2D eigenvalue weighted by Crippen LogP contribution is -2.26. The minimum absolute atomic E-state index is 0.344. The molecule has 1 fully saturated rings. The van der Waals surface area contributed by atoms with Crippen molar-refractivity contribution in [2.75, 3.05) is 20.2 Å². The van der Waals surface area contributed by atoms with E-state index < -0.39 is 0 Å². The summed E-state index contributed by atoms with van der Waals surface area (Å²) in [6.45, 7) is 3.02. The Kier molecular flexibility index (Phi) is 3.18. The molecule has 82 valence electrons. The van der Waals surface area contributed by atoms with Crippen molar-refractivity contribution in [2.24, 2.45) is 5.73 Å². The van der Waals surface area contributed by atoms with Crippen LogP contribution in [0, 0.1) is 0 Å². The highest BCUT2D eigenvalue weighted by Gasteiger charge is 2.18. The van der Waals surface area contributed by atoms with Crippen molar-refractivity contribution in [3.05, 3.63) is 23.9 Å². The summed E-state index contributed by atoms with van der Waals surface area (Å²) in [6.07, 6.45) is 2.96. The Bertz CT molecular complexity index is 312. The Morgan fingerprint density at radius 2 is 2.47 bits per heavy atom. The topological polar surface area (TPSA) is 51.4 Å². The third-order valence-electron chi connectivity index (χ3n) is 2.72. The summed E-state index contributed by atoms with van der Waals surface area (Å²) in [6, 6.07) is 4.29. The lowest BCUT2D eigenvalue weighted by Gasteiger charge is -2.14. The minimum atomic E-state index is 0.344. The fraction of sp³-hybridized carbons (Fsp3) is 0.545. The third-order valence-corrected chi connectivity index (χ3v) is 2.72. The molecule has 1 aliphatic rings. The van der Waals surface area contributed by atoms with Gasteiger partial charge in [0.2, 0.25) is 5.88 Å². The molecule has 0 spiro atoms. The normalized spacial score (nSPS) is 21.9. The predicted molar refractivity (Wildman–Crippen MR) is 58.7 cm³/mol. The highest BCUT2D eigenvalue weighted by molar-refractivity contribution is 5.17. The van der Waals surface area contributed by atoms with Gasteiger partial charge in [-0.25, -0.2) is 4.98 Å². The molecular formula is C11H17N3O. The molecule has 0 aliphatic carbocycles. The monoisotopic (exact) mass is 207 g/mol. The standard InChI is InChI=1S/C11H17N3O/c1-15-11-3-2-9(6-13-11)7-14-5-4-10(12)8-14/h2-3,6,10H,4-5,7-8,12H2,1H3/t10-/m0/s1. The molecule has 0 bridgehead atoms. The van der Waals surface area contributed by atoms with E-state index in [4.69, 9.17) is 10.5 Å². The van der Waals surface area contributed by atoms with Gasteiger partial charge in [0, 0.05) is 37.9 Å². The van der Waals surface area contributed by atoms with Crippen molar-refractivity contribution in [2.45, 2.75) is 19.0 Å². The molecule has 0 unspecified atom stereocenters. The first-order valence-electron chi connectivity index (χ1n) is 5.25. The van der Waals surface area contributed by atoms with Gasteiger partial charge < -0.3 is 10.5 Å². The molecular weight excluding hydrogens is 190 g/mol. The van der Waals surface area contributed by atoms with E-state index in [1.54, 1.807) is 7.11 Å². The number of pyridine rings is 1. The molecule has 1 aliphatic heterocycles. The van der Waals surface area contributed by atoms with Crippen LogP contribution in [-0.2, 0) is 6.54 Å². The summed E-state index contributed by atoms with van der Waals surface area (Å²) in [7, 11) is 1.63. The van der Waals surface area contributed by atoms with Crippen LogP contribution in [0.1, 0.15) is 12.0 Å². The number of nitrogens with zero attached hydrogens (tertiary/aromatic N) is 2. The van der Waals surface area contributed by atoms with Crippen molar-refractivity contribution in [3.63, 3.8) is 0 Å². The lowest BCUT2D eigenvalue weighted by atomic mass is 10.2. The molecule has 0 radical (unpaired) electrons. The second-order valence-electron chi connectivity index (χ2n) is 3.99. The summed E-state index contributed by atoms with van der Waals surface area (Å²) in [5.74, 6) is 0.664. The summed E-state index contributed by atoms with van der Waals surface area (Å²) in [5, 5.41) is 0. The number of rotatable bonds is 3. The van der Waals surface area contributed by atoms with E-state index in [0.717, 1.165) is 26.1 Å². The Balaban J connectivity index is 1.93. The molecule has 0 aromatic carbocycles. The molecule has 4 nitrogen and oxygen atoms in total. The molecule has 0 saturated carbocycles. The highest BCUT2D eigenvalue weighted by atomic mass is 16.5. The van der Waals surface area contributed by atoms with Gasteiger partial charge in [-0.15, -0.1) is 0 Å². The van der Waals surface area contributed by atoms with Gasteiger partial charge in [0.05, 0.1) is 7.11 Å². The number of hydrogen-bond acceptors (Lipinski definition) is 4. The Morgan fingerprint density at radius 1 is 1.60 bits per heavy atom. The first kappa shape index (κ1) is 10.4. The van der Waals surface area contributed by atoms with Crippen molar-refractivity contribution in [1.82, 2.24) is 9.88 Å². The molecule has 1 aromatic rings. The van der Waals surface area contributed by atoms with Crippen LogP contribution in [0.5, 0.6) is 5.88 Å². The maximum atomic E-state index is 5.85. The Hall–Kier alpha value is -1.13. The molecule has 0 amide bonds. The second kappa shape index (κ2) is 4.59. The van der Waals surface area contributed by atoms with Gasteiger partial charge in [-0.3, -0.25) is 4.90 Å². The predicted octanol–water partition coefficient (Wildman–Crippen LogP) is 0.623. The van der Waals surface area contributed by atoms with Crippen molar-refractivity contribution in [3.8, 4) is 5.88 Å². The van der Waals surface area contributed by atoms with Crippen LogP contribution >= 0.6 is 0 Å². The van der Waals surface area contributed by atoms with Gasteiger partial charge in [0.15, 0.2) is 0 Å². The summed E-state index contributed by atoms with van der Waals surface area (Å²) < 4.78 is 5.01. The number of hydrogen-bond donors (Lipinski definition) is 1. The maximum Gasteiger partial charge on any atom is 0.212 e. The molecule has 2 rings (SSSR count). The van der Waals surface area contributed by atoms with Crippen LogP contribution in [0.4, 0.5) is 0 Å². The average Bonchev–Trinajstić information content (AvgIpc) is 2.65. The Labute approximate surface area is 90.0 Å². The largest absolute Gasteiger partial charge is 0.481 e. The van der Waals surface area contributed by atoms with Crippen molar-refractivity contribution < 1.29 is 4.74 Å². The zero-order valence-electron chi connectivity index (χ0n) is 9.02. The van der Waals surface area contributed by atoms with E-state index in [-0.39, 0.29) is 0 Å². The fourth-order valence-corrected chi connectivity index (χ4v) is 1.89. The lowest BCUT2D eigenvalue weighted by molar-refractivity contribution is 0.326. The van der Waals surface area contributed by atoms with Crippen LogP contribution in [-0.4, -0.2) is 36.1 Å². The quantitative estimate of drug-likeness (QED) is 0.789. The van der Waals surface area contributed by atoms with Gasteiger partial charge in [-0.2, -0.15) is 0 Å². The number of ether oxygens (including phenoxy) is 1. The van der Waals surface area contributed by atoms with Crippen molar-refractivity contribution in [1.29, 1.82) is 0 Å². The zero-order valence-corrected chi connectivity index (χ0v) is 9.02. The van der Waals surface area contributed by atoms with Crippen LogP contribution < -0.4 is 10.5 Å². The summed E-state index contributed by atoms with van der Waals surface area (Å²) >= 11 is 0. The van der Waals surface area contributed by atoms with Gasteiger partial charge in [-0.1, -0.05) is 6.07 Å². The highest BCUT2D eigenvalue weighted by Crippen LogP contribution is 2.13. The maximum absolute atomic E-state index is 5.85. The van der Waals surface area contributed by atoms with Crippen LogP contribution in [0.2, 0.25) is 0 Å². The zero-order chi connectivity index (χ0) is 10.7. The fourth-order valence-electron chi connectivity index (χ4n) is 1.89. The summed E-state index contributed by atoms with van der Waals surface area (Å²) in [5.41, 5.74) is 7.06. The number of likely N-dealkylation sites (tertiary alicyclic amines) is 1. The number of methoxy groups -OCH3 is 1. The van der Waals surface area contributed by atoms with Gasteiger partial charge in [0.1, 0.15) is 0 Å². The second-order valence-corrected chi connectivity index (χ2v) is 3.99. The first-order valence-corrected chi connectivity index (χ1v) is 5.25. The van der Waals surface area contributed by atoms with Gasteiger partial charge in [-0.05, 0) is 12.0 Å². The molecule has 1 aromatic heterocycles. The van der Waals surface area contributed by atoms with E-state index in [2.05, 4.69) is 16.0 Å². The van der Waals surface area contributed by atoms with E-state index in [9.17, 15) is 0 Å². The molecule has 2 N–H and O–H groups in total. The van der Waals surface area contributed by atoms with Crippen LogP contribution in [0.3, 0.4) is 0 Å². The van der Waals surface area contributed by atoms with Crippen molar-refractivity contribution >= 4 is 0 Å². The number of nitrogens with two attached hydrogens (primary N) is 1. The van der Waals surface area contributed by atoms with Crippen LogP contribution in [0.15, 0.2) is 18.3 Å². The van der Waals surface area contributed by atoms with E-state index in [0.29, 0.717) is 11.9 Å². The smallest absolute Gasteiger partial charge is 0.212 e. The SMILES string of the molecule is COc1ccc(CN2CC[C@H](N)C2)cn1. The average molecular weight is 207 g/mol. The van der Waals surface area contributed by atoms with E-state index in [1.807, 2.05) is 12.3 Å². The molecule has 15 heavy (non-hydrogen) atoms. The third kappa shape index (κ3) is 2.67. The number of aromatic nitrogens is 1. The van der Waals surface area contributed by atoms with Gasteiger partial charge in [0.25, 0.3) is 0 Å². The first-order chi connectivity index (χ1) is 7.28. The molecule has 2 heterocycles. The summed E-state index contributed by atoms with van der Waals surface area (Å²) in [4.78, 5) is 6.53. The van der Waals surface area contributed by atoms with Crippen LogP contribution in [0.25, 0.3) is 0 Å². The minimum Gasteiger partial charge on any atom is -0.481 e. The molecule has 4 heteroatoms. The van der Waals surface area contributed by atoms with Gasteiger partial charge >= 0.3 is 0 Å². The van der Waals surface area contributed by atoms with E-state index >= 15 is 0 Å². The Morgan fingerprint density at radius 3 is 3.00 bits per heavy atom. The molecule has 1 saturated heterocycles. The molecule has 1 atom stereocenters.